The predicted octanol–water partition coefficient (Wildman–Crippen LogP) is 2.02. The molecule has 0 atom stereocenters. The first kappa shape index (κ1) is 17.7. The summed E-state index contributed by atoms with van der Waals surface area (Å²) in [5.74, 6) is 0. The number of nitrogens with one attached hydrogen (secondary N) is 2. The number of hydrogen-bond acceptors (Lipinski definition) is 2. The largest absolute Gasteiger partial charge is 0.316 e. The summed E-state index contributed by atoms with van der Waals surface area (Å²) >= 11 is 0. The molecule has 0 aliphatic rings. The number of aromatic nitrogens is 2. The molecule has 132 valence electrons. The van der Waals surface area contributed by atoms with Crippen molar-refractivity contribution in [1.82, 2.24) is 9.97 Å². The second kappa shape index (κ2) is 7.00. The average molecular weight is 346 g/mol. The van der Waals surface area contributed by atoms with E-state index >= 15 is 0 Å². The molecule has 0 aliphatic carbocycles. The minimum atomic E-state index is -0.328. The third-order valence-corrected chi connectivity index (χ3v) is 4.18. The highest BCUT2D eigenvalue weighted by Crippen LogP contribution is 2.22. The van der Waals surface area contributed by atoms with E-state index in [2.05, 4.69) is 30.7 Å². The maximum absolute atomic E-state index is 12.3. The number of hydrogen-bond donors (Lipinski definition) is 2. The molecule has 26 heavy (non-hydrogen) atoms. The maximum Gasteiger partial charge on any atom is 0.272 e. The number of benzene rings is 2. The van der Waals surface area contributed by atoms with E-state index in [0.717, 1.165) is 11.1 Å². The van der Waals surface area contributed by atoms with Gasteiger partial charge in [-0.25, -0.2) is 0 Å². The van der Waals surface area contributed by atoms with E-state index in [4.69, 9.17) is 0 Å². The number of aromatic amines is 2. The van der Waals surface area contributed by atoms with Gasteiger partial charge in [-0.2, -0.15) is 0 Å². The molecule has 0 radical (unpaired) electrons. The zero-order valence-electron chi connectivity index (χ0n) is 15.2. The lowest BCUT2D eigenvalue weighted by molar-refractivity contribution is 0.590. The topological polar surface area (TPSA) is 65.7 Å². The Hall–Kier alpha value is -3.14. The summed E-state index contributed by atoms with van der Waals surface area (Å²) < 4.78 is 0. The Morgan fingerprint density at radius 1 is 0.692 bits per heavy atom. The minimum absolute atomic E-state index is 0.0687. The van der Waals surface area contributed by atoms with Crippen molar-refractivity contribution >= 4 is 12.2 Å². The molecular formula is C22H22N2O2. The van der Waals surface area contributed by atoms with Crippen molar-refractivity contribution in [3.63, 3.8) is 0 Å². The van der Waals surface area contributed by atoms with Crippen molar-refractivity contribution in [2.45, 2.75) is 26.2 Å². The summed E-state index contributed by atoms with van der Waals surface area (Å²) in [6, 6.07) is 17.4. The average Bonchev–Trinajstić information content (AvgIpc) is 2.60. The SMILES string of the molecule is CC(C)(C)c1ccc(/C=c2\[nH]c(=O)/c(=C/c3ccccc3)[nH]c2=O)cc1. The molecule has 3 rings (SSSR count). The van der Waals surface area contributed by atoms with E-state index < -0.39 is 0 Å². The van der Waals surface area contributed by atoms with Crippen molar-refractivity contribution in [2.75, 3.05) is 0 Å². The van der Waals surface area contributed by atoms with Crippen LogP contribution in [0.25, 0.3) is 12.2 Å². The van der Waals surface area contributed by atoms with Gasteiger partial charge in [0, 0.05) is 0 Å². The fourth-order valence-electron chi connectivity index (χ4n) is 2.66. The van der Waals surface area contributed by atoms with Crippen LogP contribution in [-0.4, -0.2) is 9.97 Å². The zero-order chi connectivity index (χ0) is 18.7. The fraction of sp³-hybridized carbons (Fsp3) is 0.182. The first-order valence-electron chi connectivity index (χ1n) is 8.54. The van der Waals surface area contributed by atoms with Crippen molar-refractivity contribution < 1.29 is 0 Å². The van der Waals surface area contributed by atoms with E-state index in [-0.39, 0.29) is 27.2 Å². The highest BCUT2D eigenvalue weighted by Gasteiger charge is 2.12. The highest BCUT2D eigenvalue weighted by atomic mass is 16.1. The molecule has 0 saturated carbocycles. The van der Waals surface area contributed by atoms with Gasteiger partial charge in [-0.05, 0) is 34.3 Å². The molecule has 0 amide bonds. The van der Waals surface area contributed by atoms with Crippen LogP contribution in [0.15, 0.2) is 64.2 Å². The maximum atomic E-state index is 12.3. The van der Waals surface area contributed by atoms with Gasteiger partial charge in [-0.1, -0.05) is 75.4 Å². The molecule has 4 heteroatoms. The predicted molar refractivity (Wildman–Crippen MR) is 106 cm³/mol. The monoisotopic (exact) mass is 346 g/mol. The molecule has 0 unspecified atom stereocenters. The Morgan fingerprint density at radius 2 is 1.15 bits per heavy atom. The standard InChI is InChI=1S/C22H22N2O2/c1-22(2,3)17-11-9-16(10-12-17)14-19-21(26)23-18(20(25)24-19)13-15-7-5-4-6-8-15/h4-14H,1-3H3,(H,23,26)(H,24,25)/b18-13-,19-14-. The Balaban J connectivity index is 2.04. The highest BCUT2D eigenvalue weighted by molar-refractivity contribution is 5.50. The van der Waals surface area contributed by atoms with Crippen molar-refractivity contribution in [3.05, 3.63) is 103 Å². The van der Waals surface area contributed by atoms with Crippen LogP contribution in [0.4, 0.5) is 0 Å². The molecule has 0 saturated heterocycles. The van der Waals surface area contributed by atoms with E-state index in [0.29, 0.717) is 0 Å². The fourth-order valence-corrected chi connectivity index (χ4v) is 2.66. The smallest absolute Gasteiger partial charge is 0.272 e. The van der Waals surface area contributed by atoms with Crippen LogP contribution >= 0.6 is 0 Å². The number of rotatable bonds is 2. The van der Waals surface area contributed by atoms with Crippen LogP contribution in [-0.2, 0) is 5.41 Å². The Bertz CT molecular complexity index is 1130. The van der Waals surface area contributed by atoms with E-state index in [9.17, 15) is 9.59 Å². The first-order chi connectivity index (χ1) is 12.3. The molecule has 1 heterocycles. The van der Waals surface area contributed by atoms with Gasteiger partial charge in [0.25, 0.3) is 11.1 Å². The van der Waals surface area contributed by atoms with E-state index in [1.165, 1.54) is 5.56 Å². The van der Waals surface area contributed by atoms with Gasteiger partial charge in [0.05, 0.1) is 0 Å². The minimum Gasteiger partial charge on any atom is -0.316 e. The zero-order valence-corrected chi connectivity index (χ0v) is 15.2. The van der Waals surface area contributed by atoms with E-state index in [1.807, 2.05) is 54.6 Å². The summed E-state index contributed by atoms with van der Waals surface area (Å²) in [6.07, 6.45) is 3.33. The summed E-state index contributed by atoms with van der Waals surface area (Å²) in [5.41, 5.74) is 2.34. The van der Waals surface area contributed by atoms with Gasteiger partial charge in [0.15, 0.2) is 0 Å². The van der Waals surface area contributed by atoms with Gasteiger partial charge in [-0.3, -0.25) is 9.59 Å². The molecule has 0 bridgehead atoms. The van der Waals surface area contributed by atoms with Crippen LogP contribution in [0.5, 0.6) is 0 Å². The first-order valence-corrected chi connectivity index (χ1v) is 8.54. The van der Waals surface area contributed by atoms with Gasteiger partial charge in [-0.15, -0.1) is 0 Å². The van der Waals surface area contributed by atoms with Crippen molar-refractivity contribution in [3.8, 4) is 0 Å². The van der Waals surface area contributed by atoms with Crippen LogP contribution in [0.3, 0.4) is 0 Å². The van der Waals surface area contributed by atoms with Gasteiger partial charge in [0.2, 0.25) is 0 Å². The lowest BCUT2D eigenvalue weighted by Gasteiger charge is -2.18. The normalized spacial score (nSPS) is 13.2. The van der Waals surface area contributed by atoms with Crippen molar-refractivity contribution in [1.29, 1.82) is 0 Å². The van der Waals surface area contributed by atoms with Crippen LogP contribution < -0.4 is 21.8 Å². The molecule has 0 aliphatic heterocycles. The van der Waals surface area contributed by atoms with E-state index in [1.54, 1.807) is 12.2 Å². The lowest BCUT2D eigenvalue weighted by atomic mass is 9.87. The molecule has 3 aromatic rings. The summed E-state index contributed by atoms with van der Waals surface area (Å²) in [5, 5.41) is 0.477. The van der Waals surface area contributed by atoms with Gasteiger partial charge in [0.1, 0.15) is 10.7 Å². The quantitative estimate of drug-likeness (QED) is 0.746. The second-order valence-corrected chi connectivity index (χ2v) is 7.31. The Labute approximate surface area is 151 Å². The number of H-pyrrole nitrogens is 2. The molecular weight excluding hydrogens is 324 g/mol. The lowest BCUT2D eigenvalue weighted by Crippen LogP contribution is -2.46. The molecule has 0 fully saturated rings. The molecule has 2 aromatic carbocycles. The molecule has 1 aromatic heterocycles. The third kappa shape index (κ3) is 4.09. The third-order valence-electron chi connectivity index (χ3n) is 4.18. The Morgan fingerprint density at radius 3 is 1.62 bits per heavy atom. The van der Waals surface area contributed by atoms with Crippen LogP contribution in [0, 0.1) is 0 Å². The molecule has 4 nitrogen and oxygen atoms in total. The van der Waals surface area contributed by atoms with Crippen molar-refractivity contribution in [2.24, 2.45) is 0 Å². The Kier molecular flexibility index (Phi) is 4.76. The second-order valence-electron chi connectivity index (χ2n) is 7.31. The van der Waals surface area contributed by atoms with Crippen LogP contribution in [0.2, 0.25) is 0 Å². The van der Waals surface area contributed by atoms with Gasteiger partial charge < -0.3 is 9.97 Å². The van der Waals surface area contributed by atoms with Crippen LogP contribution in [0.1, 0.15) is 37.5 Å². The molecule has 2 N–H and O–H groups in total. The molecule has 0 spiro atoms. The summed E-state index contributed by atoms with van der Waals surface area (Å²) in [6.45, 7) is 6.45. The summed E-state index contributed by atoms with van der Waals surface area (Å²) in [4.78, 5) is 30.0. The van der Waals surface area contributed by atoms with Gasteiger partial charge >= 0.3 is 0 Å². The summed E-state index contributed by atoms with van der Waals surface area (Å²) in [7, 11) is 0.